The van der Waals surface area contributed by atoms with Crippen molar-refractivity contribution in [2.45, 2.75) is 38.5 Å². The van der Waals surface area contributed by atoms with Crippen molar-refractivity contribution >= 4 is 46.6 Å². The fourth-order valence-electron chi connectivity index (χ4n) is 3.31. The summed E-state index contributed by atoms with van der Waals surface area (Å²) in [6, 6.07) is 6.51. The quantitative estimate of drug-likeness (QED) is 0.465. The molecule has 1 aliphatic heterocycles. The van der Waals surface area contributed by atoms with Crippen LogP contribution in [0.25, 0.3) is 0 Å². The number of aryl methyl sites for hydroxylation is 1. The van der Waals surface area contributed by atoms with Crippen molar-refractivity contribution < 1.29 is 19.5 Å². The number of carbonyl (C=O) groups is 3. The smallest absolute Gasteiger partial charge is 0.303 e. The molecule has 0 unspecified atom stereocenters. The number of pyridine rings is 1. The number of aromatic nitrogens is 1. The van der Waals surface area contributed by atoms with Crippen LogP contribution in [0.15, 0.2) is 41.7 Å². The van der Waals surface area contributed by atoms with Gasteiger partial charge in [-0.2, -0.15) is 0 Å². The number of amidine groups is 1. The maximum atomic E-state index is 12.6. The summed E-state index contributed by atoms with van der Waals surface area (Å²) in [7, 11) is 0. The standard InChI is InChI=1S/C23H26ClN5O4/c24-18-7-6-16(11-19(18)29-20-4-2-1-3-9-26-20)23(33)27-14-21(30)28-17-10-15(12-25-13-17)5-8-22(31)32/h6-7,10-13H,1-5,8-9,14H2,(H,26,29)(H,27,33)(H,28,30)(H,31,32). The first kappa shape index (κ1) is 24.2. The van der Waals surface area contributed by atoms with Gasteiger partial charge in [0.15, 0.2) is 0 Å². The van der Waals surface area contributed by atoms with E-state index in [1.54, 1.807) is 30.5 Å². The van der Waals surface area contributed by atoms with Crippen molar-refractivity contribution in [3.63, 3.8) is 0 Å². The molecule has 2 amide bonds. The second-order valence-electron chi connectivity index (χ2n) is 7.67. The van der Waals surface area contributed by atoms with Crippen molar-refractivity contribution in [2.75, 3.05) is 23.7 Å². The lowest BCUT2D eigenvalue weighted by Crippen LogP contribution is -2.33. The van der Waals surface area contributed by atoms with Gasteiger partial charge >= 0.3 is 5.97 Å². The summed E-state index contributed by atoms with van der Waals surface area (Å²) in [5.41, 5.74) is 2.08. The molecule has 0 saturated heterocycles. The Morgan fingerprint density at radius 1 is 1.09 bits per heavy atom. The number of hydrogen-bond donors (Lipinski definition) is 4. The van der Waals surface area contributed by atoms with Gasteiger partial charge in [0.05, 0.1) is 29.1 Å². The Labute approximate surface area is 196 Å². The molecule has 0 saturated carbocycles. The molecule has 0 spiro atoms. The van der Waals surface area contributed by atoms with Gasteiger partial charge in [0.2, 0.25) is 5.91 Å². The minimum atomic E-state index is -0.907. The van der Waals surface area contributed by atoms with Crippen LogP contribution in [0.5, 0.6) is 0 Å². The molecule has 174 valence electrons. The minimum absolute atomic E-state index is 0.0274. The fraction of sp³-hybridized carbons (Fsp3) is 0.348. The Morgan fingerprint density at radius 3 is 2.76 bits per heavy atom. The Balaban J connectivity index is 1.55. The van der Waals surface area contributed by atoms with E-state index in [-0.39, 0.29) is 13.0 Å². The molecule has 0 fully saturated rings. The summed E-state index contributed by atoms with van der Waals surface area (Å²) in [6.45, 7) is 0.531. The Bertz CT molecular complexity index is 1060. The molecule has 1 aromatic heterocycles. The number of nitrogens with one attached hydrogen (secondary N) is 3. The first-order chi connectivity index (χ1) is 15.9. The molecular formula is C23H26ClN5O4. The molecule has 10 heteroatoms. The van der Waals surface area contributed by atoms with E-state index in [9.17, 15) is 14.4 Å². The third kappa shape index (κ3) is 7.87. The topological polar surface area (TPSA) is 133 Å². The number of rotatable bonds is 8. The number of benzene rings is 1. The molecular weight excluding hydrogens is 446 g/mol. The van der Waals surface area contributed by atoms with Crippen molar-refractivity contribution in [2.24, 2.45) is 4.99 Å². The first-order valence-corrected chi connectivity index (χ1v) is 11.1. The molecule has 0 aliphatic carbocycles. The van der Waals surface area contributed by atoms with Crippen molar-refractivity contribution in [1.82, 2.24) is 10.3 Å². The molecule has 2 heterocycles. The van der Waals surface area contributed by atoms with Crippen LogP contribution in [0, 0.1) is 0 Å². The summed E-state index contributed by atoms with van der Waals surface area (Å²) in [6.07, 6.45) is 7.37. The van der Waals surface area contributed by atoms with Gasteiger partial charge in [-0.15, -0.1) is 0 Å². The summed E-state index contributed by atoms with van der Waals surface area (Å²) in [5, 5.41) is 17.7. The van der Waals surface area contributed by atoms with Crippen LogP contribution < -0.4 is 16.0 Å². The van der Waals surface area contributed by atoms with Crippen LogP contribution in [-0.4, -0.2) is 46.8 Å². The molecule has 4 N–H and O–H groups in total. The highest BCUT2D eigenvalue weighted by Crippen LogP contribution is 2.24. The molecule has 0 radical (unpaired) electrons. The third-order valence-electron chi connectivity index (χ3n) is 5.00. The van der Waals surface area contributed by atoms with E-state index >= 15 is 0 Å². The van der Waals surface area contributed by atoms with Gasteiger partial charge < -0.3 is 21.1 Å². The normalized spacial score (nSPS) is 13.4. The number of aliphatic carboxylic acids is 1. The molecule has 1 aromatic carbocycles. The fourth-order valence-corrected chi connectivity index (χ4v) is 3.47. The van der Waals surface area contributed by atoms with E-state index in [1.807, 2.05) is 0 Å². The Morgan fingerprint density at radius 2 is 1.94 bits per heavy atom. The summed E-state index contributed by atoms with van der Waals surface area (Å²) in [5.74, 6) is -0.901. The summed E-state index contributed by atoms with van der Waals surface area (Å²) in [4.78, 5) is 44.0. The van der Waals surface area contributed by atoms with Crippen LogP contribution >= 0.6 is 11.6 Å². The van der Waals surface area contributed by atoms with Gasteiger partial charge in [-0.3, -0.25) is 24.4 Å². The second kappa shape index (κ2) is 12.0. The molecule has 0 atom stereocenters. The van der Waals surface area contributed by atoms with Crippen LogP contribution in [-0.2, 0) is 16.0 Å². The lowest BCUT2D eigenvalue weighted by molar-refractivity contribution is -0.137. The van der Waals surface area contributed by atoms with Gasteiger partial charge in [-0.25, -0.2) is 0 Å². The lowest BCUT2D eigenvalue weighted by atomic mass is 10.1. The van der Waals surface area contributed by atoms with Gasteiger partial charge in [-0.1, -0.05) is 18.0 Å². The van der Waals surface area contributed by atoms with Crippen molar-refractivity contribution in [3.8, 4) is 0 Å². The van der Waals surface area contributed by atoms with E-state index < -0.39 is 17.8 Å². The number of carbonyl (C=O) groups excluding carboxylic acids is 2. The van der Waals surface area contributed by atoms with Gasteiger partial charge in [0, 0.05) is 31.1 Å². The van der Waals surface area contributed by atoms with Crippen LogP contribution in [0.3, 0.4) is 0 Å². The van der Waals surface area contributed by atoms with E-state index in [0.29, 0.717) is 33.9 Å². The molecule has 0 bridgehead atoms. The van der Waals surface area contributed by atoms with Gasteiger partial charge in [0.25, 0.3) is 5.91 Å². The molecule has 9 nitrogen and oxygen atoms in total. The van der Waals surface area contributed by atoms with E-state index in [4.69, 9.17) is 16.7 Å². The number of amides is 2. The first-order valence-electron chi connectivity index (χ1n) is 10.7. The van der Waals surface area contributed by atoms with E-state index in [1.165, 1.54) is 6.20 Å². The second-order valence-corrected chi connectivity index (χ2v) is 8.07. The maximum absolute atomic E-state index is 12.6. The SMILES string of the molecule is O=C(O)CCc1cncc(NC(=O)CNC(=O)c2ccc(Cl)c(NC3=NCCCCC3)c2)c1. The van der Waals surface area contributed by atoms with E-state index in [0.717, 1.165) is 38.1 Å². The van der Waals surface area contributed by atoms with E-state index in [2.05, 4.69) is 25.9 Å². The number of hydrogen-bond acceptors (Lipinski definition) is 6. The highest BCUT2D eigenvalue weighted by molar-refractivity contribution is 6.34. The predicted molar refractivity (Wildman–Crippen MR) is 127 cm³/mol. The van der Waals surface area contributed by atoms with Crippen molar-refractivity contribution in [3.05, 3.63) is 52.8 Å². The molecule has 2 aromatic rings. The maximum Gasteiger partial charge on any atom is 0.303 e. The Hall–Kier alpha value is -3.46. The number of anilines is 2. The average molecular weight is 472 g/mol. The summed E-state index contributed by atoms with van der Waals surface area (Å²) < 4.78 is 0. The Kier molecular flexibility index (Phi) is 8.77. The lowest BCUT2D eigenvalue weighted by Gasteiger charge is -2.12. The third-order valence-corrected chi connectivity index (χ3v) is 5.33. The highest BCUT2D eigenvalue weighted by Gasteiger charge is 2.13. The van der Waals surface area contributed by atoms with Crippen LogP contribution in [0.4, 0.5) is 11.4 Å². The largest absolute Gasteiger partial charge is 0.481 e. The number of halogens is 1. The molecule has 3 rings (SSSR count). The zero-order valence-electron chi connectivity index (χ0n) is 18.1. The monoisotopic (exact) mass is 471 g/mol. The molecule has 33 heavy (non-hydrogen) atoms. The van der Waals surface area contributed by atoms with Gasteiger partial charge in [-0.05, 0) is 49.1 Å². The number of aliphatic imine (C=N–C) groups is 1. The van der Waals surface area contributed by atoms with Crippen molar-refractivity contribution in [1.29, 1.82) is 0 Å². The number of nitrogens with zero attached hydrogens (tertiary/aromatic N) is 2. The minimum Gasteiger partial charge on any atom is -0.481 e. The molecule has 1 aliphatic rings. The zero-order chi connectivity index (χ0) is 23.6. The summed E-state index contributed by atoms with van der Waals surface area (Å²) >= 11 is 6.28. The number of carboxylic acid groups (broad SMARTS) is 1. The predicted octanol–water partition coefficient (Wildman–Crippen LogP) is 3.51. The zero-order valence-corrected chi connectivity index (χ0v) is 18.8. The van der Waals surface area contributed by atoms with Gasteiger partial charge in [0.1, 0.15) is 5.84 Å². The number of carboxylic acids is 1. The van der Waals surface area contributed by atoms with Crippen LogP contribution in [0.2, 0.25) is 5.02 Å². The van der Waals surface area contributed by atoms with Crippen LogP contribution in [0.1, 0.15) is 48.0 Å². The average Bonchev–Trinajstić information content (AvgIpc) is 3.06. The highest BCUT2D eigenvalue weighted by atomic mass is 35.5.